The fourth-order valence-corrected chi connectivity index (χ4v) is 3.74. The molecule has 4 nitrogen and oxygen atoms in total. The Morgan fingerprint density at radius 3 is 1.82 bits per heavy atom. The van der Waals surface area contributed by atoms with E-state index in [1.807, 2.05) is 0 Å². The van der Waals surface area contributed by atoms with E-state index in [0.717, 1.165) is 36.3 Å². The highest BCUT2D eigenvalue weighted by Crippen LogP contribution is 2.32. The number of esters is 1. The molecular weight excluding hydrogens is 431 g/mol. The fourth-order valence-electron chi connectivity index (χ4n) is 3.74. The Labute approximate surface area is 196 Å². The van der Waals surface area contributed by atoms with Crippen molar-refractivity contribution in [2.45, 2.75) is 96.6 Å². The standard InChI is InChI=1S/C26H40F3NO3/c1-3-4-5-6-7-8-9-10-11-12-13-14-17-20-33-24(31)21-30(2)25(32)22-18-15-16-19-23(22)26(27,28)29/h15-16,18-19H,3-14,17,20-21H2,1-2H3. The number of hydrogen-bond acceptors (Lipinski definition) is 3. The SMILES string of the molecule is CCCCCCCCCCCCCCCOC(=O)CN(C)C(=O)c1ccccc1C(F)(F)F. The average molecular weight is 472 g/mol. The van der Waals surface area contributed by atoms with Gasteiger partial charge in [-0.2, -0.15) is 13.2 Å². The molecule has 0 saturated carbocycles. The number of carbonyl (C=O) groups excluding carboxylic acids is 2. The second kappa shape index (κ2) is 16.5. The Morgan fingerprint density at radius 1 is 0.818 bits per heavy atom. The first-order chi connectivity index (χ1) is 15.8. The number of halogens is 3. The Morgan fingerprint density at radius 2 is 1.30 bits per heavy atom. The number of benzene rings is 1. The van der Waals surface area contributed by atoms with Crippen LogP contribution in [0, 0.1) is 0 Å². The van der Waals surface area contributed by atoms with E-state index in [2.05, 4.69) is 6.92 Å². The quantitative estimate of drug-likeness (QED) is 0.175. The van der Waals surface area contributed by atoms with Crippen molar-refractivity contribution in [1.82, 2.24) is 4.90 Å². The van der Waals surface area contributed by atoms with Crippen LogP contribution < -0.4 is 0 Å². The minimum absolute atomic E-state index is 0.262. The molecule has 0 N–H and O–H groups in total. The van der Waals surface area contributed by atoms with Crippen LogP contribution in [0.15, 0.2) is 24.3 Å². The molecule has 0 bridgehead atoms. The van der Waals surface area contributed by atoms with Crippen LogP contribution in [-0.2, 0) is 15.7 Å². The van der Waals surface area contributed by atoms with Gasteiger partial charge in [-0.1, -0.05) is 96.1 Å². The summed E-state index contributed by atoms with van der Waals surface area (Å²) in [5.41, 5.74) is -1.49. The number of likely N-dealkylation sites (N-methyl/N-ethyl adjacent to an activating group) is 1. The van der Waals surface area contributed by atoms with E-state index in [0.29, 0.717) is 0 Å². The summed E-state index contributed by atoms with van der Waals surface area (Å²) in [5, 5.41) is 0. The molecule has 0 saturated heterocycles. The van der Waals surface area contributed by atoms with Crippen molar-refractivity contribution in [3.05, 3.63) is 35.4 Å². The average Bonchev–Trinajstić information content (AvgIpc) is 2.78. The van der Waals surface area contributed by atoms with Gasteiger partial charge in [0, 0.05) is 7.05 Å². The van der Waals surface area contributed by atoms with Gasteiger partial charge in [-0.15, -0.1) is 0 Å². The number of carbonyl (C=O) groups is 2. The van der Waals surface area contributed by atoms with Crippen molar-refractivity contribution in [1.29, 1.82) is 0 Å². The lowest BCUT2D eigenvalue weighted by molar-refractivity contribution is -0.144. The second-order valence-corrected chi connectivity index (χ2v) is 8.67. The van der Waals surface area contributed by atoms with E-state index in [9.17, 15) is 22.8 Å². The molecule has 188 valence electrons. The van der Waals surface area contributed by atoms with E-state index in [1.54, 1.807) is 0 Å². The molecule has 0 aliphatic heterocycles. The number of amides is 1. The maximum absolute atomic E-state index is 13.1. The maximum Gasteiger partial charge on any atom is 0.417 e. The van der Waals surface area contributed by atoms with E-state index in [4.69, 9.17) is 4.74 Å². The van der Waals surface area contributed by atoms with Gasteiger partial charge < -0.3 is 9.64 Å². The van der Waals surface area contributed by atoms with Crippen molar-refractivity contribution in [2.75, 3.05) is 20.2 Å². The van der Waals surface area contributed by atoms with Gasteiger partial charge in [-0.25, -0.2) is 0 Å². The minimum atomic E-state index is -4.64. The third kappa shape index (κ3) is 12.7. The summed E-state index contributed by atoms with van der Waals surface area (Å²) in [4.78, 5) is 25.3. The summed E-state index contributed by atoms with van der Waals surface area (Å²) in [6, 6.07) is 4.56. The second-order valence-electron chi connectivity index (χ2n) is 8.67. The molecule has 0 unspecified atom stereocenters. The maximum atomic E-state index is 13.1. The van der Waals surface area contributed by atoms with Gasteiger partial charge in [0.2, 0.25) is 0 Å². The van der Waals surface area contributed by atoms with Crippen LogP contribution in [0.4, 0.5) is 13.2 Å². The van der Waals surface area contributed by atoms with E-state index in [1.165, 1.54) is 83.4 Å². The fraction of sp³-hybridized carbons (Fsp3) is 0.692. The molecule has 1 amide bonds. The molecule has 1 aromatic rings. The van der Waals surface area contributed by atoms with E-state index in [-0.39, 0.29) is 13.2 Å². The van der Waals surface area contributed by atoms with Crippen LogP contribution in [0.1, 0.15) is 106 Å². The lowest BCUT2D eigenvalue weighted by Gasteiger charge is -2.19. The number of hydrogen-bond donors (Lipinski definition) is 0. The zero-order valence-electron chi connectivity index (χ0n) is 20.2. The van der Waals surface area contributed by atoms with Gasteiger partial charge in [-0.05, 0) is 18.6 Å². The first kappa shape index (κ1) is 29.0. The highest BCUT2D eigenvalue weighted by molar-refractivity contribution is 5.97. The van der Waals surface area contributed by atoms with Gasteiger partial charge in [0.1, 0.15) is 6.54 Å². The van der Waals surface area contributed by atoms with Crippen molar-refractivity contribution >= 4 is 11.9 Å². The summed E-state index contributed by atoms with van der Waals surface area (Å²) < 4.78 is 44.4. The first-order valence-corrected chi connectivity index (χ1v) is 12.3. The largest absolute Gasteiger partial charge is 0.464 e. The van der Waals surface area contributed by atoms with Crippen LogP contribution >= 0.6 is 0 Å². The minimum Gasteiger partial charge on any atom is -0.464 e. The van der Waals surface area contributed by atoms with Gasteiger partial charge in [0.15, 0.2) is 0 Å². The predicted molar refractivity (Wildman–Crippen MR) is 125 cm³/mol. The number of rotatable bonds is 17. The van der Waals surface area contributed by atoms with Crippen molar-refractivity contribution in [2.24, 2.45) is 0 Å². The van der Waals surface area contributed by atoms with Gasteiger partial charge in [0.25, 0.3) is 5.91 Å². The number of nitrogens with zero attached hydrogens (tertiary/aromatic N) is 1. The van der Waals surface area contributed by atoms with Crippen molar-refractivity contribution in [3.8, 4) is 0 Å². The highest BCUT2D eigenvalue weighted by atomic mass is 19.4. The third-order valence-corrected chi connectivity index (χ3v) is 5.69. The van der Waals surface area contributed by atoms with Crippen LogP contribution in [0.5, 0.6) is 0 Å². The van der Waals surface area contributed by atoms with Crippen LogP contribution in [0.25, 0.3) is 0 Å². The lowest BCUT2D eigenvalue weighted by atomic mass is 10.0. The molecule has 7 heteroatoms. The van der Waals surface area contributed by atoms with E-state index >= 15 is 0 Å². The molecule has 0 spiro atoms. The Balaban J connectivity index is 2.12. The summed E-state index contributed by atoms with van der Waals surface area (Å²) in [6.07, 6.45) is 11.2. The van der Waals surface area contributed by atoms with Crippen LogP contribution in [-0.4, -0.2) is 37.0 Å². The molecular formula is C26H40F3NO3. The summed E-state index contributed by atoms with van der Waals surface area (Å²) in [6.45, 7) is 2.11. The van der Waals surface area contributed by atoms with Crippen molar-refractivity contribution in [3.63, 3.8) is 0 Å². The van der Waals surface area contributed by atoms with Gasteiger partial charge in [-0.3, -0.25) is 9.59 Å². The molecule has 1 aromatic carbocycles. The molecule has 0 radical (unpaired) electrons. The highest BCUT2D eigenvalue weighted by Gasteiger charge is 2.35. The summed E-state index contributed by atoms with van der Waals surface area (Å²) in [5.74, 6) is -1.48. The smallest absolute Gasteiger partial charge is 0.417 e. The zero-order valence-corrected chi connectivity index (χ0v) is 20.2. The molecule has 0 heterocycles. The topological polar surface area (TPSA) is 46.6 Å². The zero-order chi connectivity index (χ0) is 24.5. The number of alkyl halides is 3. The normalized spacial score (nSPS) is 11.4. The molecule has 0 atom stereocenters. The monoisotopic (exact) mass is 471 g/mol. The molecule has 0 aliphatic rings. The molecule has 33 heavy (non-hydrogen) atoms. The molecule has 0 fully saturated rings. The third-order valence-electron chi connectivity index (χ3n) is 5.69. The Hall–Kier alpha value is -2.05. The molecule has 0 aliphatic carbocycles. The lowest BCUT2D eigenvalue weighted by Crippen LogP contribution is -2.34. The summed E-state index contributed by atoms with van der Waals surface area (Å²) >= 11 is 0. The Bertz CT molecular complexity index is 692. The number of ether oxygens (including phenoxy) is 1. The molecule has 0 aromatic heterocycles. The van der Waals surface area contributed by atoms with Crippen LogP contribution in [0.3, 0.4) is 0 Å². The van der Waals surface area contributed by atoms with Crippen molar-refractivity contribution < 1.29 is 27.5 Å². The first-order valence-electron chi connectivity index (χ1n) is 12.3. The Kier molecular flexibility index (Phi) is 14.5. The van der Waals surface area contributed by atoms with Crippen LogP contribution in [0.2, 0.25) is 0 Å². The molecule has 1 rings (SSSR count). The van der Waals surface area contributed by atoms with E-state index < -0.39 is 29.2 Å². The summed E-state index contributed by atoms with van der Waals surface area (Å²) in [7, 11) is 1.29. The van der Waals surface area contributed by atoms with Gasteiger partial charge in [0.05, 0.1) is 17.7 Å². The van der Waals surface area contributed by atoms with Gasteiger partial charge >= 0.3 is 12.1 Å². The number of unbranched alkanes of at least 4 members (excludes halogenated alkanes) is 12. The predicted octanol–water partition coefficient (Wildman–Crippen LogP) is 7.41.